The average Bonchev–Trinajstić information content (AvgIpc) is 3.34. The van der Waals surface area contributed by atoms with Crippen LogP contribution in [0.3, 0.4) is 0 Å². The normalized spacial score (nSPS) is 17.9. The molecule has 5 nitrogen and oxygen atoms in total. The minimum atomic E-state index is -0.460. The van der Waals surface area contributed by atoms with Crippen molar-refractivity contribution in [2.75, 3.05) is 13.4 Å². The number of amides is 1. The third-order valence-corrected chi connectivity index (χ3v) is 5.08. The van der Waals surface area contributed by atoms with Crippen molar-refractivity contribution in [3.05, 3.63) is 58.4 Å². The predicted octanol–water partition coefficient (Wildman–Crippen LogP) is 3.92. The van der Waals surface area contributed by atoms with Gasteiger partial charge in [-0.2, -0.15) is 0 Å². The molecule has 0 saturated carbocycles. The highest BCUT2D eigenvalue weighted by atomic mass is 35.5. The third kappa shape index (κ3) is 3.87. The van der Waals surface area contributed by atoms with Crippen molar-refractivity contribution in [1.29, 1.82) is 0 Å². The molecule has 1 atom stereocenters. The molecule has 0 aliphatic carbocycles. The van der Waals surface area contributed by atoms with Gasteiger partial charge in [-0.15, -0.1) is 0 Å². The van der Waals surface area contributed by atoms with E-state index in [1.165, 1.54) is 12.1 Å². The van der Waals surface area contributed by atoms with Crippen LogP contribution in [0, 0.1) is 5.82 Å². The zero-order valence-corrected chi connectivity index (χ0v) is 15.4. The first kappa shape index (κ1) is 18.1. The second-order valence-electron chi connectivity index (χ2n) is 6.58. The Kier molecular flexibility index (Phi) is 5.18. The van der Waals surface area contributed by atoms with E-state index < -0.39 is 11.9 Å². The van der Waals surface area contributed by atoms with Crippen LogP contribution in [0.15, 0.2) is 36.4 Å². The number of para-hydroxylation sites is 1. The fourth-order valence-electron chi connectivity index (χ4n) is 3.36. The first-order valence-corrected chi connectivity index (χ1v) is 9.21. The summed E-state index contributed by atoms with van der Waals surface area (Å²) < 4.78 is 29.9. The largest absolute Gasteiger partial charge is 0.454 e. The molecule has 2 aliphatic rings. The Morgan fingerprint density at radius 2 is 2.04 bits per heavy atom. The van der Waals surface area contributed by atoms with Crippen molar-refractivity contribution in [3.8, 4) is 11.5 Å². The van der Waals surface area contributed by atoms with Gasteiger partial charge in [0.15, 0.2) is 11.5 Å². The van der Waals surface area contributed by atoms with Crippen LogP contribution in [0.4, 0.5) is 4.39 Å². The maximum atomic E-state index is 13.4. The number of carbonyl (C=O) groups is 1. The van der Waals surface area contributed by atoms with Gasteiger partial charge in [-0.1, -0.05) is 29.8 Å². The van der Waals surface area contributed by atoms with Crippen molar-refractivity contribution in [2.45, 2.75) is 32.0 Å². The number of ether oxygens (including phenoxy) is 3. The molecule has 2 aromatic carbocycles. The van der Waals surface area contributed by atoms with E-state index in [1.807, 2.05) is 18.2 Å². The molecule has 0 N–H and O–H groups in total. The summed E-state index contributed by atoms with van der Waals surface area (Å²) in [6, 6.07) is 9.78. The minimum absolute atomic E-state index is 0.107. The number of nitrogens with zero attached hydrogens (tertiary/aromatic N) is 1. The van der Waals surface area contributed by atoms with Gasteiger partial charge in [0.25, 0.3) is 5.91 Å². The third-order valence-electron chi connectivity index (χ3n) is 4.73. The molecule has 4 rings (SSSR count). The SMILES string of the molecule is O=C([C@H]1CCCO1)N(Cc1ccc(F)cc1Cl)Cc1cccc2c1OCO2. The van der Waals surface area contributed by atoms with E-state index >= 15 is 0 Å². The summed E-state index contributed by atoms with van der Waals surface area (Å²) in [5.41, 5.74) is 1.52. The lowest BCUT2D eigenvalue weighted by atomic mass is 10.1. The smallest absolute Gasteiger partial charge is 0.252 e. The van der Waals surface area contributed by atoms with Crippen LogP contribution in [-0.4, -0.2) is 30.3 Å². The van der Waals surface area contributed by atoms with E-state index in [4.69, 9.17) is 25.8 Å². The molecule has 0 bridgehead atoms. The van der Waals surface area contributed by atoms with Crippen LogP contribution in [0.2, 0.25) is 5.02 Å². The summed E-state index contributed by atoms with van der Waals surface area (Å²) in [5, 5.41) is 0.290. The van der Waals surface area contributed by atoms with E-state index in [9.17, 15) is 9.18 Å². The highest BCUT2D eigenvalue weighted by Crippen LogP contribution is 2.36. The number of halogens is 2. The molecule has 2 aromatic rings. The maximum Gasteiger partial charge on any atom is 0.252 e. The molecule has 7 heteroatoms. The average molecular weight is 392 g/mol. The summed E-state index contributed by atoms with van der Waals surface area (Å²) in [5.74, 6) is 0.793. The molecule has 27 heavy (non-hydrogen) atoms. The van der Waals surface area contributed by atoms with E-state index in [0.29, 0.717) is 36.6 Å². The number of hydrogen-bond acceptors (Lipinski definition) is 4. The van der Waals surface area contributed by atoms with Gasteiger partial charge in [0, 0.05) is 30.3 Å². The van der Waals surface area contributed by atoms with Gasteiger partial charge >= 0.3 is 0 Å². The van der Waals surface area contributed by atoms with Gasteiger partial charge in [0.05, 0.1) is 0 Å². The van der Waals surface area contributed by atoms with Gasteiger partial charge < -0.3 is 19.1 Å². The zero-order chi connectivity index (χ0) is 18.8. The Morgan fingerprint density at radius 3 is 2.81 bits per heavy atom. The fourth-order valence-corrected chi connectivity index (χ4v) is 3.59. The topological polar surface area (TPSA) is 48.0 Å². The molecular formula is C20H19ClFNO4. The molecule has 2 aliphatic heterocycles. The molecule has 0 aromatic heterocycles. The number of carbonyl (C=O) groups excluding carboxylic acids is 1. The second-order valence-corrected chi connectivity index (χ2v) is 6.99. The van der Waals surface area contributed by atoms with E-state index in [2.05, 4.69) is 0 Å². The first-order valence-electron chi connectivity index (χ1n) is 8.83. The predicted molar refractivity (Wildman–Crippen MR) is 97.2 cm³/mol. The van der Waals surface area contributed by atoms with Crippen molar-refractivity contribution in [1.82, 2.24) is 4.90 Å². The number of benzene rings is 2. The lowest BCUT2D eigenvalue weighted by Crippen LogP contribution is -2.38. The Labute approximate surface area is 161 Å². The standard InChI is InChI=1S/C20H19ClFNO4/c21-16-9-15(22)7-6-13(16)10-23(20(24)18-5-2-8-25-18)11-14-3-1-4-17-19(14)27-12-26-17/h1,3-4,6-7,9,18H,2,5,8,10-12H2/t18-/m1/s1. The Balaban J connectivity index is 1.61. The van der Waals surface area contributed by atoms with E-state index in [1.54, 1.807) is 11.0 Å². The molecule has 0 radical (unpaired) electrons. The maximum absolute atomic E-state index is 13.4. The van der Waals surface area contributed by atoms with Gasteiger partial charge in [-0.25, -0.2) is 4.39 Å². The molecule has 1 fully saturated rings. The van der Waals surface area contributed by atoms with Crippen LogP contribution in [0.25, 0.3) is 0 Å². The highest BCUT2D eigenvalue weighted by Gasteiger charge is 2.30. The molecule has 2 heterocycles. The second kappa shape index (κ2) is 7.74. The first-order chi connectivity index (χ1) is 13.1. The van der Waals surface area contributed by atoms with Crippen molar-refractivity contribution >= 4 is 17.5 Å². The summed E-state index contributed by atoms with van der Waals surface area (Å²) in [7, 11) is 0. The van der Waals surface area contributed by atoms with Crippen molar-refractivity contribution < 1.29 is 23.4 Å². The van der Waals surface area contributed by atoms with Crippen LogP contribution in [-0.2, 0) is 22.6 Å². The van der Waals surface area contributed by atoms with Crippen LogP contribution in [0.5, 0.6) is 11.5 Å². The summed E-state index contributed by atoms with van der Waals surface area (Å²) in [6.45, 7) is 1.32. The molecule has 1 saturated heterocycles. The van der Waals surface area contributed by atoms with Gasteiger partial charge in [0.2, 0.25) is 6.79 Å². The monoisotopic (exact) mass is 391 g/mol. The lowest BCUT2D eigenvalue weighted by molar-refractivity contribution is -0.142. The van der Waals surface area contributed by atoms with Crippen LogP contribution in [0.1, 0.15) is 24.0 Å². The number of rotatable bonds is 5. The minimum Gasteiger partial charge on any atom is -0.454 e. The van der Waals surface area contributed by atoms with Crippen molar-refractivity contribution in [2.24, 2.45) is 0 Å². The highest BCUT2D eigenvalue weighted by molar-refractivity contribution is 6.31. The molecule has 0 unspecified atom stereocenters. The fraction of sp³-hybridized carbons (Fsp3) is 0.350. The quantitative estimate of drug-likeness (QED) is 0.775. The number of fused-ring (bicyclic) bond motifs is 1. The summed E-state index contributed by atoms with van der Waals surface area (Å²) >= 11 is 6.18. The van der Waals surface area contributed by atoms with E-state index in [-0.39, 0.29) is 24.3 Å². The molecule has 0 spiro atoms. The molecule has 142 valence electrons. The van der Waals surface area contributed by atoms with Crippen LogP contribution >= 0.6 is 11.6 Å². The van der Waals surface area contributed by atoms with Crippen molar-refractivity contribution in [3.63, 3.8) is 0 Å². The zero-order valence-electron chi connectivity index (χ0n) is 14.6. The Hall–Kier alpha value is -2.31. The lowest BCUT2D eigenvalue weighted by Gasteiger charge is -2.26. The van der Waals surface area contributed by atoms with E-state index in [0.717, 1.165) is 12.0 Å². The molecular weight excluding hydrogens is 373 g/mol. The van der Waals surface area contributed by atoms with Gasteiger partial charge in [-0.3, -0.25) is 4.79 Å². The Bertz CT molecular complexity index is 854. The summed E-state index contributed by atoms with van der Waals surface area (Å²) in [6.07, 6.45) is 1.09. The van der Waals surface area contributed by atoms with Crippen LogP contribution < -0.4 is 9.47 Å². The Morgan fingerprint density at radius 1 is 1.19 bits per heavy atom. The van der Waals surface area contributed by atoms with Gasteiger partial charge in [0.1, 0.15) is 11.9 Å². The van der Waals surface area contributed by atoms with Gasteiger partial charge in [-0.05, 0) is 36.6 Å². The summed E-state index contributed by atoms with van der Waals surface area (Å²) in [4.78, 5) is 14.7. The number of hydrogen-bond donors (Lipinski definition) is 0. The molecule has 1 amide bonds.